The fraction of sp³-hybridized carbons (Fsp3) is 0.158. The summed E-state index contributed by atoms with van der Waals surface area (Å²) in [5.74, 6) is 0.691. The van der Waals surface area contributed by atoms with E-state index in [4.69, 9.17) is 33.9 Å². The second-order valence-electron chi connectivity index (χ2n) is 6.88. The zero-order chi connectivity index (χ0) is 20.1. The third kappa shape index (κ3) is 2.96. The Balaban J connectivity index is 1.73. The van der Waals surface area contributed by atoms with Gasteiger partial charge < -0.3 is 5.73 Å². The molecule has 0 aliphatic heterocycles. The van der Waals surface area contributed by atoms with Gasteiger partial charge in [0, 0.05) is 30.2 Å². The third-order valence-corrected chi connectivity index (χ3v) is 5.46. The van der Waals surface area contributed by atoms with Gasteiger partial charge in [0.1, 0.15) is 0 Å². The van der Waals surface area contributed by atoms with Crippen molar-refractivity contribution in [3.63, 3.8) is 0 Å². The van der Waals surface area contributed by atoms with Crippen LogP contribution in [-0.4, -0.2) is 40.4 Å². The summed E-state index contributed by atoms with van der Waals surface area (Å²) in [7, 11) is 0. The first kappa shape index (κ1) is 18.1. The van der Waals surface area contributed by atoms with Crippen LogP contribution in [0.15, 0.2) is 43.0 Å². The summed E-state index contributed by atoms with van der Waals surface area (Å²) in [5, 5.41) is 13.5. The number of fused-ring (bicyclic) bond motifs is 3. The number of imidazole rings is 1. The van der Waals surface area contributed by atoms with Crippen molar-refractivity contribution < 1.29 is 0 Å². The average molecular weight is 427 g/mol. The van der Waals surface area contributed by atoms with E-state index in [-0.39, 0.29) is 6.04 Å². The SMILES string of the molecule is CC(N)Cn1cc(-c2nc3n[nH]c(-c4cccc(Cl)c4Cl)c3c3nccn23)cn1. The van der Waals surface area contributed by atoms with Crippen LogP contribution < -0.4 is 5.73 Å². The minimum atomic E-state index is 0.00259. The Morgan fingerprint density at radius 3 is 2.97 bits per heavy atom. The first-order valence-corrected chi connectivity index (χ1v) is 9.72. The Bertz CT molecular complexity index is 1350. The maximum Gasteiger partial charge on any atom is 0.187 e. The van der Waals surface area contributed by atoms with Crippen molar-refractivity contribution >= 4 is 39.9 Å². The van der Waals surface area contributed by atoms with Gasteiger partial charge in [-0.2, -0.15) is 10.2 Å². The van der Waals surface area contributed by atoms with E-state index in [0.717, 1.165) is 22.2 Å². The molecule has 0 saturated heterocycles. The second kappa shape index (κ2) is 6.84. The summed E-state index contributed by atoms with van der Waals surface area (Å²) in [6, 6.07) is 5.47. The van der Waals surface area contributed by atoms with Gasteiger partial charge in [0.05, 0.1) is 39.4 Å². The molecule has 0 saturated carbocycles. The summed E-state index contributed by atoms with van der Waals surface area (Å²) < 4.78 is 3.71. The molecule has 10 heteroatoms. The van der Waals surface area contributed by atoms with Crippen LogP contribution in [0.1, 0.15) is 6.92 Å². The number of rotatable bonds is 4. The number of halogens is 2. The molecule has 0 fully saturated rings. The lowest BCUT2D eigenvalue weighted by molar-refractivity contribution is 0.539. The Kier molecular flexibility index (Phi) is 4.27. The van der Waals surface area contributed by atoms with Crippen LogP contribution in [0, 0.1) is 0 Å². The van der Waals surface area contributed by atoms with Gasteiger partial charge in [0.15, 0.2) is 17.1 Å². The molecule has 0 radical (unpaired) electrons. The average Bonchev–Trinajstić information content (AvgIpc) is 3.41. The molecule has 1 unspecified atom stereocenters. The smallest absolute Gasteiger partial charge is 0.187 e. The molecule has 146 valence electrons. The lowest BCUT2D eigenvalue weighted by atomic mass is 10.1. The number of H-pyrrole nitrogens is 1. The van der Waals surface area contributed by atoms with Crippen LogP contribution in [0.25, 0.3) is 39.3 Å². The summed E-state index contributed by atoms with van der Waals surface area (Å²) in [5.41, 5.74) is 9.43. The van der Waals surface area contributed by atoms with Crippen LogP contribution >= 0.6 is 23.2 Å². The van der Waals surface area contributed by atoms with Crippen LogP contribution in [0.3, 0.4) is 0 Å². The largest absolute Gasteiger partial charge is 0.326 e. The van der Waals surface area contributed by atoms with Gasteiger partial charge in [-0.25, -0.2) is 9.97 Å². The van der Waals surface area contributed by atoms with E-state index in [1.54, 1.807) is 23.1 Å². The van der Waals surface area contributed by atoms with Crippen molar-refractivity contribution in [1.82, 2.24) is 34.3 Å². The maximum absolute atomic E-state index is 6.43. The lowest BCUT2D eigenvalue weighted by Crippen LogP contribution is -2.22. The van der Waals surface area contributed by atoms with Crippen LogP contribution in [0.5, 0.6) is 0 Å². The summed E-state index contributed by atoms with van der Waals surface area (Å²) >= 11 is 12.6. The van der Waals surface area contributed by atoms with E-state index in [0.29, 0.717) is 33.7 Å². The highest BCUT2D eigenvalue weighted by Crippen LogP contribution is 2.37. The van der Waals surface area contributed by atoms with Gasteiger partial charge in [-0.3, -0.25) is 14.2 Å². The van der Waals surface area contributed by atoms with Gasteiger partial charge in [-0.1, -0.05) is 35.3 Å². The van der Waals surface area contributed by atoms with E-state index in [2.05, 4.69) is 20.3 Å². The molecule has 0 spiro atoms. The Morgan fingerprint density at radius 1 is 1.28 bits per heavy atom. The van der Waals surface area contributed by atoms with E-state index in [1.807, 2.05) is 35.9 Å². The first-order chi connectivity index (χ1) is 14.0. The molecule has 0 bridgehead atoms. The fourth-order valence-electron chi connectivity index (χ4n) is 3.41. The number of nitrogens with one attached hydrogen (secondary N) is 1. The number of hydrogen-bond donors (Lipinski definition) is 2. The normalized spacial score (nSPS) is 12.8. The van der Waals surface area contributed by atoms with Crippen LogP contribution in [0.2, 0.25) is 10.0 Å². The molecule has 4 heterocycles. The van der Waals surface area contributed by atoms with Crippen LogP contribution in [0.4, 0.5) is 0 Å². The number of nitrogens with zero attached hydrogens (tertiary/aromatic N) is 6. The Labute approximate surface area is 175 Å². The zero-order valence-electron chi connectivity index (χ0n) is 15.3. The molecule has 3 N–H and O–H groups in total. The number of nitrogens with two attached hydrogens (primary N) is 1. The van der Waals surface area contributed by atoms with E-state index in [1.165, 1.54) is 0 Å². The van der Waals surface area contributed by atoms with Gasteiger partial charge in [-0.15, -0.1) is 0 Å². The predicted molar refractivity (Wildman–Crippen MR) is 113 cm³/mol. The molecule has 0 aliphatic rings. The predicted octanol–water partition coefficient (Wildman–Crippen LogP) is 3.79. The van der Waals surface area contributed by atoms with Crippen molar-refractivity contribution in [2.24, 2.45) is 5.73 Å². The third-order valence-electron chi connectivity index (χ3n) is 4.64. The van der Waals surface area contributed by atoms with Crippen molar-refractivity contribution in [3.05, 3.63) is 53.0 Å². The van der Waals surface area contributed by atoms with Crippen molar-refractivity contribution in [2.45, 2.75) is 19.5 Å². The first-order valence-electron chi connectivity index (χ1n) is 8.97. The molecule has 5 aromatic rings. The maximum atomic E-state index is 6.43. The minimum absolute atomic E-state index is 0.00259. The lowest BCUT2D eigenvalue weighted by Gasteiger charge is -2.07. The monoisotopic (exact) mass is 426 g/mol. The molecule has 1 aromatic carbocycles. The van der Waals surface area contributed by atoms with Gasteiger partial charge >= 0.3 is 0 Å². The molecule has 1 atom stereocenters. The van der Waals surface area contributed by atoms with Gasteiger partial charge in [0.25, 0.3) is 0 Å². The van der Waals surface area contributed by atoms with Gasteiger partial charge in [0.2, 0.25) is 0 Å². The highest BCUT2D eigenvalue weighted by molar-refractivity contribution is 6.43. The molecule has 0 amide bonds. The van der Waals surface area contributed by atoms with Crippen molar-refractivity contribution in [2.75, 3.05) is 0 Å². The Hall–Kier alpha value is -2.94. The molecular formula is C19H16Cl2N8. The van der Waals surface area contributed by atoms with Crippen molar-refractivity contribution in [1.29, 1.82) is 0 Å². The number of aromatic nitrogens is 7. The Morgan fingerprint density at radius 2 is 2.14 bits per heavy atom. The summed E-state index contributed by atoms with van der Waals surface area (Å²) in [6.07, 6.45) is 7.26. The quantitative estimate of drug-likeness (QED) is 0.454. The minimum Gasteiger partial charge on any atom is -0.326 e. The molecule has 29 heavy (non-hydrogen) atoms. The number of benzene rings is 1. The highest BCUT2D eigenvalue weighted by atomic mass is 35.5. The van der Waals surface area contributed by atoms with E-state index < -0.39 is 0 Å². The zero-order valence-corrected chi connectivity index (χ0v) is 16.9. The summed E-state index contributed by atoms with van der Waals surface area (Å²) in [4.78, 5) is 9.29. The topological polar surface area (TPSA) is 103 Å². The summed E-state index contributed by atoms with van der Waals surface area (Å²) in [6.45, 7) is 2.56. The molecule has 0 aliphatic carbocycles. The molecular weight excluding hydrogens is 411 g/mol. The highest BCUT2D eigenvalue weighted by Gasteiger charge is 2.20. The number of aromatic amines is 1. The molecule has 5 rings (SSSR count). The molecule has 8 nitrogen and oxygen atoms in total. The standard InChI is InChI=1S/C19H16Cl2N8/c1-10(22)8-28-9-11(7-24-28)18-25-17-14(19-23-5-6-29(18)19)16(26-27-17)12-3-2-4-13(20)15(12)21/h2-7,9-10H,8,22H2,1H3,(H,26,27). The molecule has 4 aromatic heterocycles. The number of hydrogen-bond acceptors (Lipinski definition) is 5. The van der Waals surface area contributed by atoms with E-state index in [9.17, 15) is 0 Å². The second-order valence-corrected chi connectivity index (χ2v) is 7.67. The fourth-order valence-corrected chi connectivity index (χ4v) is 3.80. The van der Waals surface area contributed by atoms with E-state index >= 15 is 0 Å². The van der Waals surface area contributed by atoms with Gasteiger partial charge in [-0.05, 0) is 13.0 Å². The van der Waals surface area contributed by atoms with Crippen LogP contribution in [-0.2, 0) is 6.54 Å². The van der Waals surface area contributed by atoms with Crippen molar-refractivity contribution in [3.8, 4) is 22.6 Å².